The topological polar surface area (TPSA) is 127 Å². The highest BCUT2D eigenvalue weighted by Gasteiger charge is 2.34. The van der Waals surface area contributed by atoms with E-state index in [0.29, 0.717) is 17.0 Å². The average molecular weight is 600 g/mol. The number of alkyl halides is 3. The molecule has 0 aliphatic heterocycles. The van der Waals surface area contributed by atoms with Crippen LogP contribution in [0.25, 0.3) is 5.69 Å². The summed E-state index contributed by atoms with van der Waals surface area (Å²) in [6, 6.07) is 18.7. The summed E-state index contributed by atoms with van der Waals surface area (Å²) in [7, 11) is -4.26. The summed E-state index contributed by atoms with van der Waals surface area (Å²) in [6.07, 6.45) is -3.33. The largest absolute Gasteiger partial charge is 0.418 e. The number of sulfonamides is 1. The number of carbonyl (C=O) groups excluding carboxylic acids is 1. The van der Waals surface area contributed by atoms with Crippen molar-refractivity contribution in [1.29, 1.82) is 0 Å². The van der Waals surface area contributed by atoms with Gasteiger partial charge in [0.15, 0.2) is 0 Å². The average Bonchev–Trinajstić information content (AvgIpc) is 3.23. The minimum atomic E-state index is -4.57. The van der Waals surface area contributed by atoms with E-state index in [1.54, 1.807) is 26.0 Å². The zero-order chi connectivity index (χ0) is 30.7. The van der Waals surface area contributed by atoms with Crippen molar-refractivity contribution in [2.45, 2.75) is 24.9 Å². The van der Waals surface area contributed by atoms with Crippen molar-refractivity contribution in [3.05, 3.63) is 118 Å². The first kappa shape index (κ1) is 30.0. The molecule has 0 unspecified atom stereocenters. The number of benzene rings is 3. The fraction of sp³-hybridized carbons (Fsp3) is 0.143. The molecule has 0 atom stereocenters. The molecule has 4 rings (SSSR count). The first-order chi connectivity index (χ1) is 19.8. The summed E-state index contributed by atoms with van der Waals surface area (Å²) in [6.45, 7) is 2.52. The van der Waals surface area contributed by atoms with Crippen LogP contribution in [0.4, 0.5) is 24.5 Å². The third-order valence-electron chi connectivity index (χ3n) is 6.28. The highest BCUT2D eigenvalue weighted by atomic mass is 32.2. The van der Waals surface area contributed by atoms with Gasteiger partial charge in [-0.1, -0.05) is 30.3 Å². The quantitative estimate of drug-likeness (QED) is 0.157. The van der Waals surface area contributed by atoms with Crippen LogP contribution in [0, 0.1) is 24.0 Å². The second-order valence-corrected chi connectivity index (χ2v) is 10.9. The Balaban J connectivity index is 1.58. The predicted octanol–water partition coefficient (Wildman–Crippen LogP) is 5.37. The van der Waals surface area contributed by atoms with Crippen molar-refractivity contribution >= 4 is 33.5 Å². The van der Waals surface area contributed by atoms with E-state index < -0.39 is 39.1 Å². The van der Waals surface area contributed by atoms with E-state index in [2.05, 4.69) is 10.5 Å². The molecule has 0 aliphatic carbocycles. The number of aryl methyl sites for hydroxylation is 1. The van der Waals surface area contributed by atoms with E-state index in [0.717, 1.165) is 22.5 Å². The van der Waals surface area contributed by atoms with Crippen LogP contribution in [-0.2, 0) is 21.0 Å². The number of nitro groups is 1. The summed E-state index contributed by atoms with van der Waals surface area (Å²) in [5, 5.41) is 14.9. The van der Waals surface area contributed by atoms with Gasteiger partial charge < -0.3 is 4.57 Å². The minimum absolute atomic E-state index is 0.00968. The molecule has 3 aromatic carbocycles. The van der Waals surface area contributed by atoms with Crippen LogP contribution in [0.5, 0.6) is 0 Å². The predicted molar refractivity (Wildman–Crippen MR) is 150 cm³/mol. The first-order valence-electron chi connectivity index (χ1n) is 12.3. The van der Waals surface area contributed by atoms with Gasteiger partial charge in [0.1, 0.15) is 6.54 Å². The molecule has 1 heterocycles. The number of rotatable bonds is 9. The number of hydrazone groups is 1. The molecule has 0 saturated heterocycles. The molecule has 0 aliphatic rings. The van der Waals surface area contributed by atoms with Crippen molar-refractivity contribution in [2.24, 2.45) is 5.10 Å². The molecule has 4 aromatic rings. The summed E-state index contributed by atoms with van der Waals surface area (Å²) in [4.78, 5) is 23.1. The number of nitro benzene ring substituents is 1. The number of carbonyl (C=O) groups is 1. The minimum Gasteiger partial charge on any atom is -0.317 e. The van der Waals surface area contributed by atoms with Crippen molar-refractivity contribution in [2.75, 3.05) is 10.8 Å². The molecule has 0 radical (unpaired) electrons. The van der Waals surface area contributed by atoms with Gasteiger partial charge in [0, 0.05) is 29.1 Å². The molecule has 10 nitrogen and oxygen atoms in total. The molecular formula is C28H24F3N5O5S. The summed E-state index contributed by atoms with van der Waals surface area (Å²) in [5.74, 6) is -0.833. The Bertz CT molecular complexity index is 1750. The van der Waals surface area contributed by atoms with E-state index >= 15 is 0 Å². The lowest BCUT2D eigenvalue weighted by Gasteiger charge is -2.23. The second kappa shape index (κ2) is 11.9. The van der Waals surface area contributed by atoms with Gasteiger partial charge in [-0.05, 0) is 56.3 Å². The number of hydrogen-bond donors (Lipinski definition) is 1. The Morgan fingerprint density at radius 2 is 1.64 bits per heavy atom. The third-order valence-corrected chi connectivity index (χ3v) is 8.07. The van der Waals surface area contributed by atoms with Crippen LogP contribution >= 0.6 is 0 Å². The zero-order valence-electron chi connectivity index (χ0n) is 22.2. The SMILES string of the molecule is Cc1cc(/C=N\NC(=O)CN(c2ccc([N+](=O)[O-])cc2)S(=O)(=O)c2ccccc2)c(C)n1-c1ccccc1C(F)(F)F. The number of anilines is 1. The summed E-state index contributed by atoms with van der Waals surface area (Å²) in [5.41, 5.74) is 2.47. The zero-order valence-corrected chi connectivity index (χ0v) is 23.1. The summed E-state index contributed by atoms with van der Waals surface area (Å²) < 4.78 is 69.8. The van der Waals surface area contributed by atoms with Crippen molar-refractivity contribution in [1.82, 2.24) is 9.99 Å². The van der Waals surface area contributed by atoms with Gasteiger partial charge in [-0.25, -0.2) is 13.8 Å². The molecule has 0 fully saturated rings. The van der Waals surface area contributed by atoms with Crippen LogP contribution in [0.2, 0.25) is 0 Å². The van der Waals surface area contributed by atoms with Gasteiger partial charge in [-0.15, -0.1) is 0 Å². The van der Waals surface area contributed by atoms with Crippen molar-refractivity contribution in [3.8, 4) is 5.69 Å². The molecule has 218 valence electrons. The molecule has 1 amide bonds. The smallest absolute Gasteiger partial charge is 0.317 e. The van der Waals surface area contributed by atoms with Crippen LogP contribution < -0.4 is 9.73 Å². The van der Waals surface area contributed by atoms with E-state index in [1.807, 2.05) is 0 Å². The maximum atomic E-state index is 13.6. The second-order valence-electron chi connectivity index (χ2n) is 9.07. The number of amides is 1. The van der Waals surface area contributed by atoms with Gasteiger partial charge in [-0.3, -0.25) is 19.2 Å². The summed E-state index contributed by atoms with van der Waals surface area (Å²) >= 11 is 0. The standard InChI is InChI=1S/C28H24F3N5O5S/c1-19-16-21(20(2)35(19)26-11-7-6-10-25(26)28(29,30)31)17-32-33-27(37)18-34(22-12-14-23(15-13-22)36(38)39)42(40,41)24-8-4-3-5-9-24/h3-17H,18H2,1-2H3,(H,33,37)/b32-17-. The number of nitrogens with zero attached hydrogens (tertiary/aromatic N) is 4. The Morgan fingerprint density at radius 3 is 2.26 bits per heavy atom. The Kier molecular flexibility index (Phi) is 8.47. The Hall–Kier alpha value is -4.98. The van der Waals surface area contributed by atoms with Crippen molar-refractivity contribution < 1.29 is 31.3 Å². The van der Waals surface area contributed by atoms with Gasteiger partial charge in [0.2, 0.25) is 0 Å². The number of non-ortho nitro benzene ring substituents is 1. The van der Waals surface area contributed by atoms with E-state index in [1.165, 1.54) is 65.4 Å². The number of para-hydroxylation sites is 1. The number of aromatic nitrogens is 1. The molecule has 14 heteroatoms. The van der Waals surface area contributed by atoms with Gasteiger partial charge in [-0.2, -0.15) is 18.3 Å². The van der Waals surface area contributed by atoms with Gasteiger partial charge in [0.05, 0.1) is 33.0 Å². The molecule has 1 N–H and O–H groups in total. The molecule has 0 saturated carbocycles. The third kappa shape index (κ3) is 6.33. The fourth-order valence-electron chi connectivity index (χ4n) is 4.31. The monoisotopic (exact) mass is 599 g/mol. The lowest BCUT2D eigenvalue weighted by molar-refractivity contribution is -0.384. The number of hydrogen-bond acceptors (Lipinski definition) is 6. The Labute approximate surface area is 238 Å². The van der Waals surface area contributed by atoms with Gasteiger partial charge in [0.25, 0.3) is 21.6 Å². The van der Waals surface area contributed by atoms with Crippen LogP contribution in [0.15, 0.2) is 94.9 Å². The molecule has 42 heavy (non-hydrogen) atoms. The molecule has 1 aromatic heterocycles. The number of nitrogens with one attached hydrogen (secondary N) is 1. The lowest BCUT2D eigenvalue weighted by Crippen LogP contribution is -2.39. The van der Waals surface area contributed by atoms with E-state index in [9.17, 15) is 36.5 Å². The molecular weight excluding hydrogens is 575 g/mol. The highest BCUT2D eigenvalue weighted by molar-refractivity contribution is 7.92. The first-order valence-corrected chi connectivity index (χ1v) is 13.7. The van der Waals surface area contributed by atoms with Crippen LogP contribution in [-0.4, -0.2) is 36.6 Å². The van der Waals surface area contributed by atoms with E-state index in [-0.39, 0.29) is 22.0 Å². The highest BCUT2D eigenvalue weighted by Crippen LogP contribution is 2.35. The molecule has 0 spiro atoms. The van der Waals surface area contributed by atoms with Crippen LogP contribution in [0.1, 0.15) is 22.5 Å². The maximum absolute atomic E-state index is 13.6. The number of halogens is 3. The van der Waals surface area contributed by atoms with Gasteiger partial charge >= 0.3 is 6.18 Å². The van der Waals surface area contributed by atoms with Crippen molar-refractivity contribution in [3.63, 3.8) is 0 Å². The van der Waals surface area contributed by atoms with E-state index in [4.69, 9.17) is 0 Å². The normalized spacial score (nSPS) is 11.9. The van der Waals surface area contributed by atoms with Crippen LogP contribution in [0.3, 0.4) is 0 Å². The molecule has 0 bridgehead atoms. The Morgan fingerprint density at radius 1 is 1.02 bits per heavy atom. The fourth-order valence-corrected chi connectivity index (χ4v) is 5.75. The maximum Gasteiger partial charge on any atom is 0.418 e. The lowest BCUT2D eigenvalue weighted by atomic mass is 10.1.